The molecule has 0 spiro atoms. The van der Waals surface area contributed by atoms with Crippen LogP contribution in [0, 0.1) is 5.92 Å². The Morgan fingerprint density at radius 2 is 2.33 bits per heavy atom. The van der Waals surface area contributed by atoms with Crippen molar-refractivity contribution in [3.63, 3.8) is 0 Å². The molecule has 0 aliphatic carbocycles. The summed E-state index contributed by atoms with van der Waals surface area (Å²) in [6.07, 6.45) is 1.85. The minimum Gasteiger partial charge on any atom is -0.381 e. The smallest absolute Gasteiger partial charge is 0.161 e. The Hall–Kier alpha value is -0.940. The molecule has 5 heteroatoms. The molecule has 1 aliphatic heterocycles. The first kappa shape index (κ1) is 9.30. The maximum Gasteiger partial charge on any atom is 0.161 e. The van der Waals surface area contributed by atoms with E-state index in [1.165, 1.54) is 0 Å². The van der Waals surface area contributed by atoms with Gasteiger partial charge >= 0.3 is 0 Å². The molecular formula is C10H10BrN3O. The molecule has 0 atom stereocenters. The van der Waals surface area contributed by atoms with Gasteiger partial charge in [0.2, 0.25) is 0 Å². The van der Waals surface area contributed by atoms with Crippen molar-refractivity contribution in [3.8, 4) is 0 Å². The zero-order chi connectivity index (χ0) is 10.3. The number of pyridine rings is 1. The van der Waals surface area contributed by atoms with Crippen LogP contribution in [0.2, 0.25) is 0 Å². The van der Waals surface area contributed by atoms with E-state index in [-0.39, 0.29) is 0 Å². The van der Waals surface area contributed by atoms with Crippen LogP contribution in [0.5, 0.6) is 0 Å². The van der Waals surface area contributed by atoms with Crippen LogP contribution >= 0.6 is 15.9 Å². The Bertz CT molecular complexity index is 492. The van der Waals surface area contributed by atoms with Crippen LogP contribution in [0.4, 0.5) is 0 Å². The van der Waals surface area contributed by atoms with E-state index in [4.69, 9.17) is 4.74 Å². The molecule has 0 saturated carbocycles. The number of nitrogens with zero attached hydrogens (tertiary/aromatic N) is 3. The van der Waals surface area contributed by atoms with Crippen molar-refractivity contribution >= 4 is 27.1 Å². The van der Waals surface area contributed by atoms with Crippen molar-refractivity contribution < 1.29 is 4.74 Å². The Morgan fingerprint density at radius 1 is 1.47 bits per heavy atom. The Morgan fingerprint density at radius 3 is 3.07 bits per heavy atom. The first-order valence-corrected chi connectivity index (χ1v) is 5.67. The van der Waals surface area contributed by atoms with Gasteiger partial charge in [0, 0.05) is 12.5 Å². The molecule has 0 N–H and O–H groups in total. The van der Waals surface area contributed by atoms with Crippen molar-refractivity contribution in [1.29, 1.82) is 0 Å². The second-order valence-corrected chi connectivity index (χ2v) is 4.59. The number of hydrogen-bond acceptors (Lipinski definition) is 3. The third-order valence-corrected chi connectivity index (χ3v) is 3.03. The van der Waals surface area contributed by atoms with Gasteiger partial charge in [0.15, 0.2) is 5.65 Å². The molecule has 15 heavy (non-hydrogen) atoms. The van der Waals surface area contributed by atoms with Crippen molar-refractivity contribution in [2.24, 2.45) is 5.92 Å². The topological polar surface area (TPSA) is 39.9 Å². The van der Waals surface area contributed by atoms with Gasteiger partial charge in [-0.1, -0.05) is 0 Å². The maximum atomic E-state index is 5.16. The number of halogens is 1. The first-order valence-electron chi connectivity index (χ1n) is 4.88. The number of rotatable bonds is 2. The van der Waals surface area contributed by atoms with Gasteiger partial charge in [0.1, 0.15) is 10.1 Å². The average molecular weight is 268 g/mol. The minimum absolute atomic E-state index is 0.614. The highest BCUT2D eigenvalue weighted by atomic mass is 79.9. The number of ether oxygens (including phenoxy) is 1. The first-order chi connectivity index (χ1) is 7.33. The molecule has 0 radical (unpaired) electrons. The standard InChI is InChI=1S/C10H10BrN3O/c11-9-2-1-8-10(13-9)14(6-12-8)3-7-4-15-5-7/h1-2,6-7H,3-5H2. The van der Waals surface area contributed by atoms with Crippen LogP contribution in [0.25, 0.3) is 11.2 Å². The predicted octanol–water partition coefficient (Wildman–Crippen LogP) is 1.84. The van der Waals surface area contributed by atoms with Crippen LogP contribution in [-0.2, 0) is 11.3 Å². The van der Waals surface area contributed by atoms with Gasteiger partial charge < -0.3 is 9.30 Å². The highest BCUT2D eigenvalue weighted by molar-refractivity contribution is 9.10. The molecule has 2 aromatic rings. The fraction of sp³-hybridized carbons (Fsp3) is 0.400. The average Bonchev–Trinajstić information content (AvgIpc) is 2.54. The molecule has 2 aromatic heterocycles. The van der Waals surface area contributed by atoms with Crippen LogP contribution in [0.15, 0.2) is 23.1 Å². The van der Waals surface area contributed by atoms with Crippen molar-refractivity contribution in [1.82, 2.24) is 14.5 Å². The van der Waals surface area contributed by atoms with E-state index < -0.39 is 0 Å². The van der Waals surface area contributed by atoms with Gasteiger partial charge in [-0.15, -0.1) is 0 Å². The molecule has 1 fully saturated rings. The van der Waals surface area contributed by atoms with Gasteiger partial charge in [-0.3, -0.25) is 0 Å². The highest BCUT2D eigenvalue weighted by Gasteiger charge is 2.19. The van der Waals surface area contributed by atoms with Gasteiger partial charge in [-0.25, -0.2) is 9.97 Å². The molecule has 1 aliphatic rings. The quantitative estimate of drug-likeness (QED) is 0.780. The molecule has 0 bridgehead atoms. The number of fused-ring (bicyclic) bond motifs is 1. The molecule has 3 heterocycles. The molecule has 1 saturated heterocycles. The number of hydrogen-bond donors (Lipinski definition) is 0. The van der Waals surface area contributed by atoms with Gasteiger partial charge in [-0.2, -0.15) is 0 Å². The Labute approximate surface area is 95.4 Å². The summed E-state index contributed by atoms with van der Waals surface area (Å²) in [5.41, 5.74) is 1.88. The molecule has 4 nitrogen and oxygen atoms in total. The Balaban J connectivity index is 1.98. The molecule has 78 valence electrons. The number of aromatic nitrogens is 3. The summed E-state index contributed by atoms with van der Waals surface area (Å²) < 4.78 is 8.10. The van der Waals surface area contributed by atoms with Crippen molar-refractivity contribution in [2.45, 2.75) is 6.54 Å². The van der Waals surface area contributed by atoms with Crippen molar-refractivity contribution in [3.05, 3.63) is 23.1 Å². The predicted molar refractivity (Wildman–Crippen MR) is 59.5 cm³/mol. The fourth-order valence-electron chi connectivity index (χ4n) is 1.72. The lowest BCUT2D eigenvalue weighted by atomic mass is 10.1. The summed E-state index contributed by atoms with van der Waals surface area (Å²) >= 11 is 3.37. The van der Waals surface area contributed by atoms with E-state index in [2.05, 4.69) is 30.5 Å². The van der Waals surface area contributed by atoms with Crippen molar-refractivity contribution in [2.75, 3.05) is 13.2 Å². The van der Waals surface area contributed by atoms with E-state index >= 15 is 0 Å². The van der Waals surface area contributed by atoms with Gasteiger partial charge in [-0.05, 0) is 28.1 Å². The molecular weight excluding hydrogens is 258 g/mol. The monoisotopic (exact) mass is 267 g/mol. The second kappa shape index (κ2) is 3.57. The maximum absolute atomic E-state index is 5.16. The fourth-order valence-corrected chi connectivity index (χ4v) is 2.02. The summed E-state index contributed by atoms with van der Waals surface area (Å²) in [4.78, 5) is 8.73. The van der Waals surface area contributed by atoms with E-state index in [0.717, 1.165) is 35.5 Å². The lowest BCUT2D eigenvalue weighted by Gasteiger charge is -2.26. The van der Waals surface area contributed by atoms with Gasteiger partial charge in [0.05, 0.1) is 19.5 Å². The van der Waals surface area contributed by atoms with E-state index in [0.29, 0.717) is 5.92 Å². The third kappa shape index (κ3) is 1.66. The summed E-state index contributed by atoms with van der Waals surface area (Å²) in [6.45, 7) is 2.65. The van der Waals surface area contributed by atoms with Crippen LogP contribution in [0.1, 0.15) is 0 Å². The second-order valence-electron chi connectivity index (χ2n) is 3.78. The van der Waals surface area contributed by atoms with Crippen LogP contribution in [-0.4, -0.2) is 27.7 Å². The normalized spacial score (nSPS) is 16.9. The summed E-state index contributed by atoms with van der Waals surface area (Å²) in [7, 11) is 0. The molecule has 0 aromatic carbocycles. The summed E-state index contributed by atoms with van der Waals surface area (Å²) in [6, 6.07) is 3.88. The zero-order valence-corrected chi connectivity index (χ0v) is 9.64. The summed E-state index contributed by atoms with van der Waals surface area (Å²) in [5.74, 6) is 0.614. The highest BCUT2D eigenvalue weighted by Crippen LogP contribution is 2.18. The molecule has 0 amide bonds. The van der Waals surface area contributed by atoms with E-state index in [1.54, 1.807) is 0 Å². The van der Waals surface area contributed by atoms with Crippen LogP contribution < -0.4 is 0 Å². The van der Waals surface area contributed by atoms with E-state index in [9.17, 15) is 0 Å². The largest absolute Gasteiger partial charge is 0.381 e. The lowest BCUT2D eigenvalue weighted by molar-refractivity contribution is -0.0390. The zero-order valence-electron chi connectivity index (χ0n) is 8.06. The minimum atomic E-state index is 0.614. The Kier molecular flexibility index (Phi) is 2.21. The lowest BCUT2D eigenvalue weighted by Crippen LogP contribution is -2.31. The van der Waals surface area contributed by atoms with E-state index in [1.807, 2.05) is 18.5 Å². The third-order valence-electron chi connectivity index (χ3n) is 2.59. The summed E-state index contributed by atoms with van der Waals surface area (Å²) in [5, 5.41) is 0. The molecule has 3 rings (SSSR count). The van der Waals surface area contributed by atoms with Crippen LogP contribution in [0.3, 0.4) is 0 Å². The SMILES string of the molecule is Brc1ccc2ncn(CC3COC3)c2n1. The van der Waals surface area contributed by atoms with Gasteiger partial charge in [0.25, 0.3) is 0 Å². The number of imidazole rings is 1. The molecule has 0 unspecified atom stereocenters.